The summed E-state index contributed by atoms with van der Waals surface area (Å²) < 4.78 is 80.6. The number of nitrogens with zero attached hydrogens (tertiary/aromatic N) is 5. The number of ether oxygens (including phenoxy) is 1. The smallest absolute Gasteiger partial charge is 0.422 e. The zero-order chi connectivity index (χ0) is 29.9. The number of benzene rings is 1. The second-order valence-corrected chi connectivity index (χ2v) is 9.72. The number of anilines is 2. The Morgan fingerprint density at radius 1 is 0.976 bits per heavy atom. The molecule has 1 fully saturated rings. The molecule has 0 radical (unpaired) electrons. The van der Waals surface area contributed by atoms with Crippen molar-refractivity contribution in [1.29, 1.82) is 0 Å². The van der Waals surface area contributed by atoms with Gasteiger partial charge >= 0.3 is 12.4 Å². The summed E-state index contributed by atoms with van der Waals surface area (Å²) in [6, 6.07) is 10.4. The van der Waals surface area contributed by atoms with Gasteiger partial charge in [0.05, 0.1) is 17.2 Å². The molecule has 9 nitrogen and oxygen atoms in total. The van der Waals surface area contributed by atoms with E-state index in [0.29, 0.717) is 53.6 Å². The van der Waals surface area contributed by atoms with Gasteiger partial charge in [0.2, 0.25) is 11.9 Å². The average Bonchev–Trinajstić information content (AvgIpc) is 3.33. The first-order valence-electron chi connectivity index (χ1n) is 12.8. The number of carbonyl (C=O) groups excluding carboxylic acids is 1. The lowest BCUT2D eigenvalue weighted by atomic mass is 10.1. The first-order valence-corrected chi connectivity index (χ1v) is 12.8. The topological polar surface area (TPSA) is 99.3 Å². The van der Waals surface area contributed by atoms with Crippen molar-refractivity contribution >= 4 is 28.7 Å². The molecule has 3 aromatic heterocycles. The third kappa shape index (κ3) is 7.66. The molecule has 1 aliphatic rings. The lowest BCUT2D eigenvalue weighted by molar-refractivity contribution is -0.162. The Morgan fingerprint density at radius 3 is 2.50 bits per heavy atom. The van der Waals surface area contributed by atoms with Gasteiger partial charge in [-0.15, -0.1) is 0 Å². The van der Waals surface area contributed by atoms with Gasteiger partial charge in [0.15, 0.2) is 6.61 Å². The van der Waals surface area contributed by atoms with Crippen molar-refractivity contribution in [2.75, 3.05) is 38.1 Å². The molecule has 5 rings (SSSR count). The zero-order valence-electron chi connectivity index (χ0n) is 22.0. The van der Waals surface area contributed by atoms with Gasteiger partial charge in [-0.2, -0.15) is 26.3 Å². The second-order valence-electron chi connectivity index (χ2n) is 9.72. The minimum absolute atomic E-state index is 0.00220. The number of pyridine rings is 2. The summed E-state index contributed by atoms with van der Waals surface area (Å²) in [4.78, 5) is 31.0. The van der Waals surface area contributed by atoms with E-state index in [1.165, 1.54) is 17.3 Å². The number of nitrogens with one attached hydrogen (secondary N) is 2. The highest BCUT2D eigenvalue weighted by Crippen LogP contribution is 2.32. The van der Waals surface area contributed by atoms with Crippen LogP contribution in [0.4, 0.5) is 38.1 Å². The van der Waals surface area contributed by atoms with Crippen molar-refractivity contribution in [2.45, 2.75) is 25.3 Å². The monoisotopic (exact) mass is 593 g/mol. The summed E-state index contributed by atoms with van der Waals surface area (Å²) in [5.74, 6) is -0.0107. The molecule has 1 amide bonds. The Morgan fingerprint density at radius 2 is 1.76 bits per heavy atom. The van der Waals surface area contributed by atoms with Gasteiger partial charge in [-0.1, -0.05) is 6.07 Å². The Bertz CT molecular complexity index is 1550. The Hall–Kier alpha value is -4.40. The van der Waals surface area contributed by atoms with Crippen molar-refractivity contribution < 1.29 is 35.9 Å². The molecule has 222 valence electrons. The quantitative estimate of drug-likeness (QED) is 0.268. The fourth-order valence-corrected chi connectivity index (χ4v) is 4.59. The number of hydrogen-bond donors (Lipinski definition) is 2. The highest BCUT2D eigenvalue weighted by Gasteiger charge is 2.34. The number of carbonyl (C=O) groups is 1. The minimum Gasteiger partial charge on any atom is -0.482 e. The van der Waals surface area contributed by atoms with E-state index in [-0.39, 0.29) is 18.8 Å². The van der Waals surface area contributed by atoms with Crippen LogP contribution in [0.3, 0.4) is 0 Å². The summed E-state index contributed by atoms with van der Waals surface area (Å²) in [5.41, 5.74) is 3.20. The summed E-state index contributed by atoms with van der Waals surface area (Å²) in [7, 11) is 0. The standard InChI is InChI=1S/C27H25F6N7O2/c28-26(29,30)13-24(41)40-9-7-39(8-10-40)15-17-3-6-35-23(11-17)38-25-36-20-2-1-18(12-21(20)37-25)19-4-5-34-14-22(19)42-16-27(31,32)33/h1-6,11-12,14H,7-10,13,15-16H2,(H2,35,36,37,38). The molecule has 42 heavy (non-hydrogen) atoms. The third-order valence-corrected chi connectivity index (χ3v) is 6.52. The van der Waals surface area contributed by atoms with Gasteiger partial charge in [-0.05, 0) is 41.5 Å². The van der Waals surface area contributed by atoms with E-state index in [1.807, 2.05) is 17.0 Å². The van der Waals surface area contributed by atoms with Gasteiger partial charge in [0.25, 0.3) is 0 Å². The average molecular weight is 594 g/mol. The molecule has 1 aromatic carbocycles. The van der Waals surface area contributed by atoms with Crippen LogP contribution in [0.25, 0.3) is 22.2 Å². The summed E-state index contributed by atoms with van der Waals surface area (Å²) in [5, 5.41) is 3.11. The lowest BCUT2D eigenvalue weighted by Gasteiger charge is -2.35. The molecular weight excluding hydrogens is 568 g/mol. The van der Waals surface area contributed by atoms with Crippen LogP contribution in [0.15, 0.2) is 55.0 Å². The van der Waals surface area contributed by atoms with Gasteiger partial charge in [0.1, 0.15) is 18.0 Å². The largest absolute Gasteiger partial charge is 0.482 e. The number of aromatic amines is 1. The van der Waals surface area contributed by atoms with Crippen LogP contribution in [0, 0.1) is 0 Å². The van der Waals surface area contributed by atoms with Crippen molar-refractivity contribution in [3.63, 3.8) is 0 Å². The lowest BCUT2D eigenvalue weighted by Crippen LogP contribution is -2.49. The number of amides is 1. The van der Waals surface area contributed by atoms with E-state index in [9.17, 15) is 31.1 Å². The van der Waals surface area contributed by atoms with Crippen LogP contribution in [0.2, 0.25) is 0 Å². The molecule has 0 saturated carbocycles. The normalized spacial score (nSPS) is 14.8. The van der Waals surface area contributed by atoms with E-state index in [4.69, 9.17) is 4.74 Å². The fraction of sp³-hybridized carbons (Fsp3) is 0.333. The molecule has 0 spiro atoms. The Kier molecular flexibility index (Phi) is 8.20. The summed E-state index contributed by atoms with van der Waals surface area (Å²) in [6.45, 7) is 0.424. The van der Waals surface area contributed by atoms with Crippen LogP contribution in [-0.2, 0) is 11.3 Å². The second kappa shape index (κ2) is 11.8. The molecule has 4 aromatic rings. The number of alkyl halides is 6. The van der Waals surface area contributed by atoms with Gasteiger partial charge in [0, 0.05) is 50.7 Å². The van der Waals surface area contributed by atoms with E-state index >= 15 is 0 Å². The fourth-order valence-electron chi connectivity index (χ4n) is 4.59. The maximum atomic E-state index is 12.7. The van der Waals surface area contributed by atoms with Crippen LogP contribution in [0.5, 0.6) is 5.75 Å². The highest BCUT2D eigenvalue weighted by molar-refractivity contribution is 5.85. The number of imidazole rings is 1. The van der Waals surface area contributed by atoms with Crippen LogP contribution in [0.1, 0.15) is 12.0 Å². The molecule has 15 heteroatoms. The van der Waals surface area contributed by atoms with Crippen LogP contribution < -0.4 is 10.1 Å². The predicted octanol–water partition coefficient (Wildman–Crippen LogP) is 5.30. The first kappa shape index (κ1) is 29.1. The zero-order valence-corrected chi connectivity index (χ0v) is 22.0. The van der Waals surface area contributed by atoms with Crippen molar-refractivity contribution in [3.8, 4) is 16.9 Å². The molecule has 1 aliphatic heterocycles. The molecule has 2 N–H and O–H groups in total. The number of rotatable bonds is 8. The Balaban J connectivity index is 1.23. The number of hydrogen-bond acceptors (Lipinski definition) is 7. The molecule has 4 heterocycles. The summed E-state index contributed by atoms with van der Waals surface area (Å²) in [6.07, 6.45) is -6.14. The molecule has 0 unspecified atom stereocenters. The maximum Gasteiger partial charge on any atom is 0.422 e. The van der Waals surface area contributed by atoms with Crippen molar-refractivity contribution in [3.05, 3.63) is 60.6 Å². The number of aromatic nitrogens is 4. The van der Waals surface area contributed by atoms with Gasteiger partial charge in [-0.3, -0.25) is 14.7 Å². The number of halogens is 6. The minimum atomic E-state index is -4.52. The first-order chi connectivity index (χ1) is 19.9. The predicted molar refractivity (Wildman–Crippen MR) is 141 cm³/mol. The Labute approximate surface area is 235 Å². The highest BCUT2D eigenvalue weighted by atomic mass is 19.4. The molecular formula is C27H25F6N7O2. The molecule has 0 bridgehead atoms. The van der Waals surface area contributed by atoms with Gasteiger partial charge < -0.3 is 19.9 Å². The number of H-pyrrole nitrogens is 1. The van der Waals surface area contributed by atoms with Crippen LogP contribution >= 0.6 is 0 Å². The SMILES string of the molecule is O=C(CC(F)(F)F)N1CCN(Cc2ccnc(Nc3nc4ccc(-c5ccncc5OCC(F)(F)F)cc4[nH]3)c2)CC1. The maximum absolute atomic E-state index is 12.7. The van der Waals surface area contributed by atoms with E-state index in [0.717, 1.165) is 5.56 Å². The number of fused-ring (bicyclic) bond motifs is 1. The molecule has 0 atom stereocenters. The third-order valence-electron chi connectivity index (χ3n) is 6.52. The summed E-state index contributed by atoms with van der Waals surface area (Å²) >= 11 is 0. The molecule has 0 aliphatic carbocycles. The van der Waals surface area contributed by atoms with Crippen LogP contribution in [-0.4, -0.2) is 80.8 Å². The molecule has 1 saturated heterocycles. The van der Waals surface area contributed by atoms with Gasteiger partial charge in [-0.25, -0.2) is 9.97 Å². The van der Waals surface area contributed by atoms with E-state index in [1.54, 1.807) is 30.5 Å². The van der Waals surface area contributed by atoms with Crippen molar-refractivity contribution in [2.24, 2.45) is 0 Å². The van der Waals surface area contributed by atoms with Crippen molar-refractivity contribution in [1.82, 2.24) is 29.7 Å². The number of piperazine rings is 1. The van der Waals surface area contributed by atoms with E-state index in [2.05, 4.69) is 25.3 Å². The van der Waals surface area contributed by atoms with E-state index < -0.39 is 31.3 Å².